The number of methoxy groups -OCH3 is 1. The van der Waals surface area contributed by atoms with Crippen molar-refractivity contribution in [3.63, 3.8) is 0 Å². The summed E-state index contributed by atoms with van der Waals surface area (Å²) in [6.45, 7) is 1.63. The van der Waals surface area contributed by atoms with Gasteiger partial charge in [-0.25, -0.2) is 0 Å². The zero-order valence-corrected chi connectivity index (χ0v) is 9.04. The topological polar surface area (TPSA) is 38.3 Å². The summed E-state index contributed by atoms with van der Waals surface area (Å²) >= 11 is 0. The van der Waals surface area contributed by atoms with Crippen molar-refractivity contribution in [1.29, 1.82) is 0 Å². The molecule has 0 bridgehead atoms. The van der Waals surface area contributed by atoms with Gasteiger partial charge in [-0.3, -0.25) is 4.79 Å². The van der Waals surface area contributed by atoms with Crippen LogP contribution in [-0.2, 0) is 4.79 Å². The first-order valence-corrected chi connectivity index (χ1v) is 4.77. The highest BCUT2D eigenvalue weighted by Gasteiger charge is 2.18. The van der Waals surface area contributed by atoms with Crippen LogP contribution in [0.5, 0.6) is 5.75 Å². The number of ether oxygens (including phenoxy) is 1. The monoisotopic (exact) mass is 229 g/mol. The summed E-state index contributed by atoms with van der Waals surface area (Å²) in [5, 5.41) is 2.20. The van der Waals surface area contributed by atoms with E-state index < -0.39 is 18.4 Å². The minimum atomic E-state index is -2.99. The van der Waals surface area contributed by atoms with E-state index in [1.807, 2.05) is 0 Å². The Bertz CT molecular complexity index is 369. The van der Waals surface area contributed by atoms with Crippen LogP contribution in [0.1, 0.15) is 18.5 Å². The Hall–Kier alpha value is -1.65. The molecule has 1 N–H and O–H groups in total. The molecular weight excluding hydrogens is 216 g/mol. The van der Waals surface area contributed by atoms with E-state index in [1.54, 1.807) is 31.2 Å². The number of hydrogen-bond acceptors (Lipinski definition) is 2. The number of rotatable bonds is 4. The molecule has 1 rings (SSSR count). The van der Waals surface area contributed by atoms with Crippen LogP contribution in [0.25, 0.3) is 0 Å². The van der Waals surface area contributed by atoms with Gasteiger partial charge in [-0.05, 0) is 24.6 Å². The zero-order chi connectivity index (χ0) is 12.1. The van der Waals surface area contributed by atoms with Gasteiger partial charge >= 0.3 is 6.43 Å². The molecule has 88 valence electrons. The number of carbonyl (C=O) groups is 1. The Morgan fingerprint density at radius 1 is 1.44 bits per heavy atom. The molecule has 0 heterocycles. The first-order valence-electron chi connectivity index (χ1n) is 4.77. The van der Waals surface area contributed by atoms with Gasteiger partial charge in [-0.2, -0.15) is 8.78 Å². The van der Waals surface area contributed by atoms with Crippen LogP contribution in [0.15, 0.2) is 24.3 Å². The molecule has 0 aromatic heterocycles. The van der Waals surface area contributed by atoms with E-state index in [-0.39, 0.29) is 0 Å². The van der Waals surface area contributed by atoms with E-state index >= 15 is 0 Å². The van der Waals surface area contributed by atoms with Gasteiger partial charge in [0.1, 0.15) is 5.75 Å². The van der Waals surface area contributed by atoms with Gasteiger partial charge in [0.2, 0.25) is 0 Å². The number of alkyl halides is 2. The maximum absolute atomic E-state index is 12.0. The molecule has 0 spiro atoms. The number of nitrogens with one attached hydrogen (secondary N) is 1. The lowest BCUT2D eigenvalue weighted by Crippen LogP contribution is -2.31. The first kappa shape index (κ1) is 12.4. The summed E-state index contributed by atoms with van der Waals surface area (Å²) in [6, 6.07) is 6.43. The highest BCUT2D eigenvalue weighted by molar-refractivity contribution is 5.79. The molecule has 0 unspecified atom stereocenters. The molecule has 0 fully saturated rings. The Morgan fingerprint density at radius 3 is 2.69 bits per heavy atom. The second-order valence-corrected chi connectivity index (χ2v) is 3.31. The summed E-state index contributed by atoms with van der Waals surface area (Å²) in [4.78, 5) is 10.8. The van der Waals surface area contributed by atoms with E-state index in [9.17, 15) is 13.6 Å². The van der Waals surface area contributed by atoms with E-state index in [0.29, 0.717) is 11.3 Å². The van der Waals surface area contributed by atoms with Gasteiger partial charge in [-0.1, -0.05) is 12.1 Å². The fourth-order valence-corrected chi connectivity index (χ4v) is 1.27. The van der Waals surface area contributed by atoms with Crippen LogP contribution < -0.4 is 10.1 Å². The average molecular weight is 229 g/mol. The summed E-state index contributed by atoms with van der Waals surface area (Å²) in [6.07, 6.45) is -2.99. The van der Waals surface area contributed by atoms with Gasteiger partial charge < -0.3 is 10.1 Å². The number of hydrogen-bond donors (Lipinski definition) is 1. The molecule has 0 radical (unpaired) electrons. The van der Waals surface area contributed by atoms with Crippen molar-refractivity contribution in [2.75, 3.05) is 7.11 Å². The van der Waals surface area contributed by atoms with Crippen molar-refractivity contribution in [1.82, 2.24) is 5.32 Å². The lowest BCUT2D eigenvalue weighted by atomic mass is 10.1. The summed E-state index contributed by atoms with van der Waals surface area (Å²) in [5.74, 6) is -0.647. The Morgan fingerprint density at radius 2 is 2.12 bits per heavy atom. The van der Waals surface area contributed by atoms with Crippen LogP contribution in [0, 0.1) is 0 Å². The standard InChI is InChI=1S/C11H13F2NO2/c1-7(14-11(15)10(12)13)8-4-3-5-9(6-8)16-2/h3-7,10H,1-2H3,(H,14,15)/t7-/m1/s1. The predicted molar refractivity (Wildman–Crippen MR) is 55.6 cm³/mol. The van der Waals surface area contributed by atoms with Crippen LogP contribution in [0.3, 0.4) is 0 Å². The predicted octanol–water partition coefficient (Wildman–Crippen LogP) is 2.14. The van der Waals surface area contributed by atoms with Gasteiger partial charge in [0.25, 0.3) is 5.91 Å². The molecule has 0 saturated carbocycles. The number of carbonyl (C=O) groups excluding carboxylic acids is 1. The molecule has 16 heavy (non-hydrogen) atoms. The van der Waals surface area contributed by atoms with Crippen molar-refractivity contribution in [2.45, 2.75) is 19.4 Å². The Kier molecular flexibility index (Phi) is 4.22. The minimum Gasteiger partial charge on any atom is -0.497 e. The Balaban J connectivity index is 2.72. The van der Waals surface area contributed by atoms with Crippen LogP contribution >= 0.6 is 0 Å². The number of amides is 1. The largest absolute Gasteiger partial charge is 0.497 e. The Labute approximate surface area is 92.4 Å². The molecule has 5 heteroatoms. The highest BCUT2D eigenvalue weighted by atomic mass is 19.3. The summed E-state index contributed by atoms with van der Waals surface area (Å²) in [7, 11) is 1.52. The third-order valence-corrected chi connectivity index (χ3v) is 2.15. The normalized spacial score (nSPS) is 12.3. The smallest absolute Gasteiger partial charge is 0.315 e. The first-order chi connectivity index (χ1) is 7.54. The van der Waals surface area contributed by atoms with Crippen molar-refractivity contribution in [3.8, 4) is 5.75 Å². The number of halogens is 2. The molecule has 0 aliphatic carbocycles. The fourth-order valence-electron chi connectivity index (χ4n) is 1.27. The second-order valence-electron chi connectivity index (χ2n) is 3.31. The van der Waals surface area contributed by atoms with E-state index in [4.69, 9.17) is 4.74 Å². The summed E-state index contributed by atoms with van der Waals surface area (Å²) < 4.78 is 29.0. The molecule has 0 saturated heterocycles. The van der Waals surface area contributed by atoms with E-state index in [0.717, 1.165) is 0 Å². The van der Waals surface area contributed by atoms with E-state index in [2.05, 4.69) is 5.32 Å². The molecule has 1 atom stereocenters. The maximum Gasteiger partial charge on any atom is 0.315 e. The van der Waals surface area contributed by atoms with Crippen LogP contribution in [-0.4, -0.2) is 19.4 Å². The lowest BCUT2D eigenvalue weighted by Gasteiger charge is -2.14. The average Bonchev–Trinajstić information content (AvgIpc) is 2.28. The third kappa shape index (κ3) is 3.18. The molecular formula is C11H13F2NO2. The van der Waals surface area contributed by atoms with Gasteiger partial charge in [-0.15, -0.1) is 0 Å². The molecule has 1 aromatic rings. The number of benzene rings is 1. The van der Waals surface area contributed by atoms with Crippen molar-refractivity contribution in [3.05, 3.63) is 29.8 Å². The highest BCUT2D eigenvalue weighted by Crippen LogP contribution is 2.18. The van der Waals surface area contributed by atoms with Crippen molar-refractivity contribution < 1.29 is 18.3 Å². The molecule has 1 amide bonds. The van der Waals surface area contributed by atoms with Crippen molar-refractivity contribution >= 4 is 5.91 Å². The molecule has 0 aliphatic rings. The van der Waals surface area contributed by atoms with Gasteiger partial charge in [0, 0.05) is 0 Å². The van der Waals surface area contributed by atoms with Crippen LogP contribution in [0.2, 0.25) is 0 Å². The minimum absolute atomic E-state index is 0.475. The molecule has 1 aromatic carbocycles. The lowest BCUT2D eigenvalue weighted by molar-refractivity contribution is -0.132. The maximum atomic E-state index is 12.0. The van der Waals surface area contributed by atoms with Crippen LogP contribution in [0.4, 0.5) is 8.78 Å². The zero-order valence-electron chi connectivity index (χ0n) is 9.04. The third-order valence-electron chi connectivity index (χ3n) is 2.15. The van der Waals surface area contributed by atoms with Crippen molar-refractivity contribution in [2.24, 2.45) is 0 Å². The molecule has 0 aliphatic heterocycles. The quantitative estimate of drug-likeness (QED) is 0.859. The SMILES string of the molecule is COc1cccc([C@@H](C)NC(=O)C(F)F)c1. The fraction of sp³-hybridized carbons (Fsp3) is 0.364. The molecule has 3 nitrogen and oxygen atoms in total. The van der Waals surface area contributed by atoms with Gasteiger partial charge in [0.15, 0.2) is 0 Å². The van der Waals surface area contributed by atoms with E-state index in [1.165, 1.54) is 7.11 Å². The van der Waals surface area contributed by atoms with Gasteiger partial charge in [0.05, 0.1) is 13.2 Å². The summed E-state index contributed by atoms with van der Waals surface area (Å²) in [5.41, 5.74) is 0.716. The second kappa shape index (κ2) is 5.44.